The minimum atomic E-state index is 0.321. The first-order chi connectivity index (χ1) is 9.63. The number of rotatable bonds is 6. The Morgan fingerprint density at radius 2 is 2.10 bits per heavy atom. The maximum absolute atomic E-state index is 11.8. The molecule has 1 aromatic carbocycles. The molecule has 0 fully saturated rings. The second kappa shape index (κ2) is 6.67. The lowest BCUT2D eigenvalue weighted by Gasteiger charge is -2.17. The molecular weight excluding hydrogens is 278 g/mol. The third kappa shape index (κ3) is 3.46. The lowest BCUT2D eigenvalue weighted by Crippen LogP contribution is -2.35. The molecule has 2 aromatic rings. The number of halogens is 1. The van der Waals surface area contributed by atoms with Gasteiger partial charge in [0.25, 0.3) is 11.5 Å². The van der Waals surface area contributed by atoms with Crippen molar-refractivity contribution in [3.63, 3.8) is 0 Å². The van der Waals surface area contributed by atoms with Crippen LogP contribution in [0.15, 0.2) is 18.2 Å². The van der Waals surface area contributed by atoms with Gasteiger partial charge in [0.05, 0.1) is 5.10 Å². The van der Waals surface area contributed by atoms with Crippen LogP contribution < -0.4 is 10.2 Å². The number of aromatic nitrogens is 3. The number of anilines is 1. The van der Waals surface area contributed by atoms with E-state index in [0.29, 0.717) is 33.4 Å². The van der Waals surface area contributed by atoms with Gasteiger partial charge in [0.1, 0.15) is 5.52 Å². The quantitative estimate of drug-likeness (QED) is 0.648. The molecule has 1 aromatic heterocycles. The highest BCUT2D eigenvalue weighted by Crippen LogP contribution is 2.15. The standard InChI is InChI=1S/C13H18ClN5O/c1-3-18(4-2)8-7-15-13-16-11-9-10(14)5-6-12(11)19(20)17-13/h5-6,9H,3-4,7-8H2,1-2H3,(H,15,16,17). The van der Waals surface area contributed by atoms with E-state index in [9.17, 15) is 5.21 Å². The molecule has 0 saturated carbocycles. The number of fused-ring (bicyclic) bond motifs is 1. The average molecular weight is 296 g/mol. The molecular formula is C13H18ClN5O. The van der Waals surface area contributed by atoms with Crippen molar-refractivity contribution in [2.45, 2.75) is 13.8 Å². The van der Waals surface area contributed by atoms with Crippen molar-refractivity contribution in [2.24, 2.45) is 0 Å². The first-order valence-electron chi connectivity index (χ1n) is 6.67. The van der Waals surface area contributed by atoms with Crippen molar-refractivity contribution in [3.05, 3.63) is 28.4 Å². The average Bonchev–Trinajstić information content (AvgIpc) is 2.43. The lowest BCUT2D eigenvalue weighted by atomic mass is 10.3. The maximum Gasteiger partial charge on any atom is 0.290 e. The summed E-state index contributed by atoms with van der Waals surface area (Å²) in [6.45, 7) is 7.78. The second-order valence-corrected chi connectivity index (χ2v) is 4.83. The van der Waals surface area contributed by atoms with Crippen LogP contribution in [0.5, 0.6) is 0 Å². The van der Waals surface area contributed by atoms with Crippen LogP contribution in [0.25, 0.3) is 11.0 Å². The van der Waals surface area contributed by atoms with Gasteiger partial charge in [-0.2, -0.15) is 0 Å². The molecule has 0 bridgehead atoms. The molecule has 0 aliphatic carbocycles. The van der Waals surface area contributed by atoms with Crippen LogP contribution in [0.4, 0.5) is 5.95 Å². The van der Waals surface area contributed by atoms with E-state index in [-0.39, 0.29) is 0 Å². The lowest BCUT2D eigenvalue weighted by molar-refractivity contribution is -0.641. The number of nitrogens with one attached hydrogen (secondary N) is 1. The summed E-state index contributed by atoms with van der Waals surface area (Å²) in [5, 5.41) is 19.3. The summed E-state index contributed by atoms with van der Waals surface area (Å²) < 4.78 is 0. The monoisotopic (exact) mass is 295 g/mol. The Hall–Kier alpha value is -1.66. The van der Waals surface area contributed by atoms with Gasteiger partial charge >= 0.3 is 0 Å². The fraction of sp³-hybridized carbons (Fsp3) is 0.462. The van der Waals surface area contributed by atoms with Gasteiger partial charge in [0.2, 0.25) is 0 Å². The van der Waals surface area contributed by atoms with E-state index in [4.69, 9.17) is 11.6 Å². The Kier molecular flexibility index (Phi) is 4.92. The molecule has 6 nitrogen and oxygen atoms in total. The van der Waals surface area contributed by atoms with Crippen LogP contribution in [0.1, 0.15) is 13.8 Å². The molecule has 0 spiro atoms. The molecule has 0 aliphatic rings. The number of hydrogen-bond acceptors (Lipinski definition) is 5. The van der Waals surface area contributed by atoms with Gasteiger partial charge < -0.3 is 15.4 Å². The predicted molar refractivity (Wildman–Crippen MR) is 79.8 cm³/mol. The predicted octanol–water partition coefficient (Wildman–Crippen LogP) is 1.67. The van der Waals surface area contributed by atoms with Crippen molar-refractivity contribution < 1.29 is 4.85 Å². The maximum atomic E-state index is 11.8. The molecule has 108 valence electrons. The highest BCUT2D eigenvalue weighted by molar-refractivity contribution is 6.31. The van der Waals surface area contributed by atoms with E-state index >= 15 is 0 Å². The Balaban J connectivity index is 2.11. The normalized spacial score (nSPS) is 11.2. The van der Waals surface area contributed by atoms with Crippen molar-refractivity contribution in [3.8, 4) is 0 Å². The zero-order valence-corrected chi connectivity index (χ0v) is 12.4. The number of nitrogens with zero attached hydrogens (tertiary/aromatic N) is 4. The third-order valence-electron chi connectivity index (χ3n) is 3.16. The molecule has 0 unspecified atom stereocenters. The molecule has 2 rings (SSSR count). The minimum absolute atomic E-state index is 0.321. The number of benzene rings is 1. The van der Waals surface area contributed by atoms with Crippen LogP contribution >= 0.6 is 11.6 Å². The van der Waals surface area contributed by atoms with Gasteiger partial charge in [0.15, 0.2) is 0 Å². The summed E-state index contributed by atoms with van der Waals surface area (Å²) >= 11 is 5.91. The van der Waals surface area contributed by atoms with E-state index in [1.807, 2.05) is 0 Å². The van der Waals surface area contributed by atoms with Crippen molar-refractivity contribution in [1.29, 1.82) is 0 Å². The molecule has 0 aliphatic heterocycles. The number of likely N-dealkylation sites (N-methyl/N-ethyl adjacent to an activating group) is 1. The van der Waals surface area contributed by atoms with Crippen molar-refractivity contribution in [2.75, 3.05) is 31.5 Å². The van der Waals surface area contributed by atoms with Crippen LogP contribution in [0.3, 0.4) is 0 Å². The van der Waals surface area contributed by atoms with E-state index in [1.54, 1.807) is 18.2 Å². The fourth-order valence-electron chi connectivity index (χ4n) is 1.96. The Morgan fingerprint density at radius 1 is 1.35 bits per heavy atom. The van der Waals surface area contributed by atoms with Crippen LogP contribution in [0.2, 0.25) is 5.02 Å². The van der Waals surface area contributed by atoms with E-state index in [0.717, 1.165) is 19.6 Å². The zero-order chi connectivity index (χ0) is 14.5. The summed E-state index contributed by atoms with van der Waals surface area (Å²) in [7, 11) is 0. The van der Waals surface area contributed by atoms with Gasteiger partial charge in [-0.25, -0.2) is 4.98 Å². The van der Waals surface area contributed by atoms with E-state index < -0.39 is 0 Å². The van der Waals surface area contributed by atoms with Gasteiger partial charge in [0, 0.05) is 24.2 Å². The largest absolute Gasteiger partial charge is 0.594 e. The van der Waals surface area contributed by atoms with Crippen molar-refractivity contribution >= 4 is 28.6 Å². The molecule has 0 radical (unpaired) electrons. The second-order valence-electron chi connectivity index (χ2n) is 4.40. The molecule has 1 heterocycles. The highest BCUT2D eigenvalue weighted by atomic mass is 35.5. The Morgan fingerprint density at radius 3 is 2.80 bits per heavy atom. The van der Waals surface area contributed by atoms with E-state index in [1.165, 1.54) is 0 Å². The Bertz CT molecular complexity index is 588. The summed E-state index contributed by atoms with van der Waals surface area (Å²) in [6.07, 6.45) is 0. The van der Waals surface area contributed by atoms with Gasteiger partial charge in [-0.1, -0.05) is 25.4 Å². The van der Waals surface area contributed by atoms with Crippen molar-refractivity contribution in [1.82, 2.24) is 15.0 Å². The third-order valence-corrected chi connectivity index (χ3v) is 3.40. The SMILES string of the molecule is CCN(CC)CCNc1nc2cc(Cl)ccc2[n+]([O-])n1. The number of hydrogen-bond donors (Lipinski definition) is 1. The molecule has 20 heavy (non-hydrogen) atoms. The molecule has 0 atom stereocenters. The topological polar surface area (TPSA) is 68.0 Å². The first kappa shape index (κ1) is 14.7. The van der Waals surface area contributed by atoms with Gasteiger partial charge in [-0.15, -0.1) is 0 Å². The molecule has 0 amide bonds. The van der Waals surface area contributed by atoms with Gasteiger partial charge in [-0.05, 0) is 30.1 Å². The summed E-state index contributed by atoms with van der Waals surface area (Å²) in [6, 6.07) is 4.92. The zero-order valence-electron chi connectivity index (χ0n) is 11.6. The highest BCUT2D eigenvalue weighted by Gasteiger charge is 2.11. The van der Waals surface area contributed by atoms with Crippen LogP contribution in [-0.4, -0.2) is 41.2 Å². The fourth-order valence-corrected chi connectivity index (χ4v) is 2.13. The first-order valence-corrected chi connectivity index (χ1v) is 7.05. The smallest absolute Gasteiger partial charge is 0.290 e. The summed E-state index contributed by atoms with van der Waals surface area (Å²) in [4.78, 5) is 7.14. The molecule has 7 heteroatoms. The van der Waals surface area contributed by atoms with Crippen LogP contribution in [-0.2, 0) is 0 Å². The summed E-state index contributed by atoms with van der Waals surface area (Å²) in [5.74, 6) is 0.321. The van der Waals surface area contributed by atoms with E-state index in [2.05, 4.69) is 34.1 Å². The minimum Gasteiger partial charge on any atom is -0.594 e. The molecule has 1 N–H and O–H groups in total. The van der Waals surface area contributed by atoms with Gasteiger partial charge in [-0.3, -0.25) is 0 Å². The Labute approximate surface area is 123 Å². The molecule has 0 saturated heterocycles. The van der Waals surface area contributed by atoms with Crippen LogP contribution in [0, 0.1) is 5.21 Å². The summed E-state index contributed by atoms with van der Waals surface area (Å²) in [5.41, 5.74) is 0.941.